The van der Waals surface area contributed by atoms with Crippen molar-refractivity contribution in [1.29, 1.82) is 0 Å². The standard InChI is InChI=1S/C9H19NO.C8H17N3O.C8H16N2O2.2C7H16N2.2C7H15NO.2C6H14N2.3C6H13NO.C5H11NO/c1-3-11-9-6-4-5-8(7-9)10-2;1-10-6-3-2-4-7(6)11-8(12)5-9;1-10-6-3-2-4-7(6)12-8(11)5-9;1-8-6-3-4-7(5-6)9-2;1-8-6-4-3-5-7(6)9-2;1-8-6-3-4-7(5-6)9-2;1-8-6-4-3-5-7(6)9-2;1-8-6-3-2-5(7)4-6;1-8-6-4-2-3-5(6)7;1-7-6-2-4-8-5-3-6;1-7-5-2-3-6(8)4-5;1-7-5-3-2-4-6(5)8;1-6-5-2-3-7-4-5/h8-10H,3-7H2,1-2H3;6-7,10H,2-5,9H2,1H3,(H,11,12);6-7,10H,2-5,9H2,1H3;2*6-9H,3-5H2,1-2H3;2*6-8H,3-5H2,1-2H3;2*5-6,8H,2-4,7H2,1H3;6-7H,2-5H2,1H3;2*5-8H,2-4H2,1H3;5-6H,2-4H2,1H3. The molecule has 704 valence electrons. The van der Waals surface area contributed by atoms with E-state index in [2.05, 4.69) is 92.0 Å². The van der Waals surface area contributed by atoms with E-state index in [-0.39, 0.29) is 49.3 Å². The number of carbonyl (C=O) groups excluding carboxylic acids is 2. The lowest BCUT2D eigenvalue weighted by atomic mass is 9.93. The Morgan fingerprint density at radius 3 is 1.11 bits per heavy atom. The highest BCUT2D eigenvalue weighted by Gasteiger charge is 2.32. The number of methoxy groups -OCH3 is 2. The maximum absolute atomic E-state index is 11.0. The highest BCUT2D eigenvalue weighted by atomic mass is 16.5. The molecule has 30 heteroatoms. The van der Waals surface area contributed by atoms with Crippen molar-refractivity contribution >= 4 is 11.9 Å². The molecule has 30 nitrogen and oxygen atoms in total. The molecular weight excluding hydrogens is 1500 g/mol. The molecule has 0 radical (unpaired) electrons. The minimum atomic E-state index is -0.304. The number of aliphatic hydroxyl groups excluding tert-OH is 2. The number of nitrogens with two attached hydrogens (primary N) is 4. The fourth-order valence-electron chi connectivity index (χ4n) is 18.1. The summed E-state index contributed by atoms with van der Waals surface area (Å²) in [6.07, 6.45) is 45.8. The molecule has 0 aromatic carbocycles. The minimum absolute atomic E-state index is 0.0209. The number of carbonyl (C=O) groups is 2. The number of aliphatic hydroxyl groups is 2. The Kier molecular flexibility index (Phi) is 71.5. The summed E-state index contributed by atoms with van der Waals surface area (Å²) >= 11 is 0. The number of likely N-dealkylation sites (N-methyl/N-ethyl adjacent to an activating group) is 8. The van der Waals surface area contributed by atoms with Crippen LogP contribution < -0.4 is 108 Å². The van der Waals surface area contributed by atoms with E-state index in [1.54, 1.807) is 14.2 Å². The van der Waals surface area contributed by atoms with E-state index >= 15 is 0 Å². The first-order valence-corrected chi connectivity index (χ1v) is 46.8. The lowest BCUT2D eigenvalue weighted by Gasteiger charge is -2.28. The van der Waals surface area contributed by atoms with Gasteiger partial charge in [0.05, 0.1) is 50.2 Å². The Balaban J connectivity index is 0.000000641. The molecule has 2 saturated heterocycles. The zero-order valence-corrected chi connectivity index (χ0v) is 78.4. The number of rotatable bonds is 23. The van der Waals surface area contributed by atoms with Gasteiger partial charge in [-0.3, -0.25) is 9.59 Å². The van der Waals surface area contributed by atoms with Crippen LogP contribution in [0.4, 0.5) is 0 Å². The van der Waals surface area contributed by atoms with Crippen LogP contribution in [0.2, 0.25) is 0 Å². The molecule has 2 aliphatic heterocycles. The van der Waals surface area contributed by atoms with Crippen LogP contribution in [-0.4, -0.2) is 334 Å². The van der Waals surface area contributed by atoms with Crippen LogP contribution in [0.3, 0.4) is 0 Å². The van der Waals surface area contributed by atoms with E-state index in [0.29, 0.717) is 96.9 Å². The van der Waals surface area contributed by atoms with Gasteiger partial charge in [-0.1, -0.05) is 12.8 Å². The number of esters is 1. The fourth-order valence-corrected chi connectivity index (χ4v) is 18.1. The van der Waals surface area contributed by atoms with Gasteiger partial charge in [-0.15, -0.1) is 0 Å². The largest absolute Gasteiger partial charge is 0.460 e. The van der Waals surface area contributed by atoms with Crippen molar-refractivity contribution in [3.8, 4) is 0 Å². The first-order valence-electron chi connectivity index (χ1n) is 46.8. The third kappa shape index (κ3) is 51.5. The zero-order chi connectivity index (χ0) is 87.7. The molecular formula is C88H192N20O10. The van der Waals surface area contributed by atoms with Gasteiger partial charge < -0.3 is 147 Å². The molecule has 13 fully saturated rings. The van der Waals surface area contributed by atoms with Crippen LogP contribution in [0.1, 0.15) is 244 Å². The van der Waals surface area contributed by atoms with E-state index in [0.717, 1.165) is 128 Å². The van der Waals surface area contributed by atoms with E-state index in [1.165, 1.54) is 167 Å². The van der Waals surface area contributed by atoms with Gasteiger partial charge in [0.1, 0.15) is 6.10 Å². The van der Waals surface area contributed by atoms with Crippen LogP contribution in [0.5, 0.6) is 0 Å². The van der Waals surface area contributed by atoms with Gasteiger partial charge >= 0.3 is 5.97 Å². The highest BCUT2D eigenvalue weighted by Crippen LogP contribution is 2.26. The molecule has 23 unspecified atom stereocenters. The average molecular weight is 1690 g/mol. The van der Waals surface area contributed by atoms with E-state index in [4.69, 9.17) is 61.6 Å². The Labute approximate surface area is 720 Å². The molecule has 0 bridgehead atoms. The van der Waals surface area contributed by atoms with Gasteiger partial charge in [-0.2, -0.15) is 0 Å². The number of hydrogen-bond acceptors (Lipinski definition) is 29. The molecule has 0 spiro atoms. The normalized spacial score (nSPS) is 33.5. The van der Waals surface area contributed by atoms with Crippen molar-refractivity contribution in [3.63, 3.8) is 0 Å². The van der Waals surface area contributed by atoms with Crippen molar-refractivity contribution < 1.29 is 48.2 Å². The molecule has 13 rings (SSSR count). The van der Waals surface area contributed by atoms with Crippen LogP contribution >= 0.6 is 0 Å². The number of amides is 1. The molecule has 2 heterocycles. The van der Waals surface area contributed by atoms with Crippen LogP contribution in [0, 0.1) is 0 Å². The van der Waals surface area contributed by atoms with Crippen molar-refractivity contribution in [2.75, 3.05) is 166 Å². The van der Waals surface area contributed by atoms with E-state index in [9.17, 15) is 9.59 Å². The molecule has 0 aromatic heterocycles. The second-order valence-electron chi connectivity index (χ2n) is 34.2. The predicted molar refractivity (Wildman–Crippen MR) is 490 cm³/mol. The molecule has 26 N–H and O–H groups in total. The van der Waals surface area contributed by atoms with Crippen molar-refractivity contribution in [3.05, 3.63) is 0 Å². The molecule has 11 saturated carbocycles. The summed E-state index contributed by atoms with van der Waals surface area (Å²) in [6.45, 7) is 6.71. The van der Waals surface area contributed by atoms with E-state index in [1.807, 2.05) is 106 Å². The first kappa shape index (κ1) is 114. The zero-order valence-electron chi connectivity index (χ0n) is 78.4. The third-order valence-electron chi connectivity index (χ3n) is 26.3. The molecule has 1 amide bonds. The smallest absolute Gasteiger partial charge is 0.320 e. The van der Waals surface area contributed by atoms with Gasteiger partial charge in [0.15, 0.2) is 0 Å². The summed E-state index contributed by atoms with van der Waals surface area (Å²) in [4.78, 5) is 21.8. The van der Waals surface area contributed by atoms with Crippen LogP contribution in [-0.2, 0) is 38.0 Å². The molecule has 118 heavy (non-hydrogen) atoms. The maximum atomic E-state index is 11.0. The summed E-state index contributed by atoms with van der Waals surface area (Å²) in [6, 6.07) is 10.5. The lowest BCUT2D eigenvalue weighted by Crippen LogP contribution is -2.47. The quantitative estimate of drug-likeness (QED) is 0.0652. The number of nitrogens with one attached hydrogen (secondary N) is 16. The number of hydrogen-bond donors (Lipinski definition) is 22. The Morgan fingerprint density at radius 1 is 0.347 bits per heavy atom. The Bertz CT molecular complexity index is 2100. The SMILES string of the molecule is CCOC1CCCC(NC)C1.CNC1CCC(N)C1.CNC1CCC(NC)C1.CNC1CCC(O)C1.CNC1CCC(OC)C1.CNC1CCCC1N.CNC1CCCC1NC.CNC1CCCC1NC(=O)CN.CNC1CCCC1O.CNC1CCCC1OC.CNC1CCCC1OC(=O)CN.CNC1CCOC1.CNC1CCOCC1. The lowest BCUT2D eigenvalue weighted by molar-refractivity contribution is -0.147. The van der Waals surface area contributed by atoms with Crippen molar-refractivity contribution in [2.45, 2.75) is 390 Å². The van der Waals surface area contributed by atoms with Gasteiger partial charge in [0, 0.05) is 149 Å². The third-order valence-corrected chi connectivity index (χ3v) is 26.3. The van der Waals surface area contributed by atoms with Crippen molar-refractivity contribution in [1.82, 2.24) is 85.1 Å². The van der Waals surface area contributed by atoms with Crippen molar-refractivity contribution in [2.24, 2.45) is 22.9 Å². The van der Waals surface area contributed by atoms with Gasteiger partial charge in [-0.25, -0.2) is 0 Å². The summed E-state index contributed by atoms with van der Waals surface area (Å²) in [7, 11) is 33.4. The summed E-state index contributed by atoms with van der Waals surface area (Å²) < 4.78 is 31.4. The fraction of sp³-hybridized carbons (Fsp3) is 0.977. The van der Waals surface area contributed by atoms with E-state index < -0.39 is 0 Å². The Hall–Kier alpha value is -2.10. The molecule has 0 aromatic rings. The summed E-state index contributed by atoms with van der Waals surface area (Å²) in [5.41, 5.74) is 21.7. The van der Waals surface area contributed by atoms with Crippen LogP contribution in [0.25, 0.3) is 0 Å². The second-order valence-corrected chi connectivity index (χ2v) is 34.2. The predicted octanol–water partition coefficient (Wildman–Crippen LogP) is 3.41. The Morgan fingerprint density at radius 2 is 0.754 bits per heavy atom. The molecule has 23 atom stereocenters. The van der Waals surface area contributed by atoms with Crippen LogP contribution in [0.15, 0.2) is 0 Å². The number of ether oxygens (including phenoxy) is 6. The average Bonchev–Trinajstić information content (AvgIpc) is 1.58. The first-order chi connectivity index (χ1) is 57.1. The maximum Gasteiger partial charge on any atom is 0.320 e. The highest BCUT2D eigenvalue weighted by molar-refractivity contribution is 5.78. The minimum Gasteiger partial charge on any atom is -0.460 e. The summed E-state index contributed by atoms with van der Waals surface area (Å²) in [5.74, 6) is -0.357. The second kappa shape index (κ2) is 74.0. The molecule has 11 aliphatic carbocycles. The monoisotopic (exact) mass is 1690 g/mol. The topological polar surface area (TPSA) is 427 Å². The summed E-state index contributed by atoms with van der Waals surface area (Å²) in [5, 5.41) is 69.3. The molecule has 13 aliphatic rings. The van der Waals surface area contributed by atoms with Gasteiger partial charge in [0.2, 0.25) is 5.91 Å². The van der Waals surface area contributed by atoms with Gasteiger partial charge in [0.25, 0.3) is 0 Å². The van der Waals surface area contributed by atoms with Gasteiger partial charge in [-0.05, 0) is 337 Å².